The van der Waals surface area contributed by atoms with Crippen LogP contribution in [0.2, 0.25) is 0 Å². The Morgan fingerprint density at radius 3 is 2.57 bits per heavy atom. The van der Waals surface area contributed by atoms with E-state index in [-0.39, 0.29) is 6.10 Å². The van der Waals surface area contributed by atoms with Crippen molar-refractivity contribution in [2.24, 2.45) is 0 Å². The smallest absolute Gasteiger partial charge is 0.118 e. The lowest BCUT2D eigenvalue weighted by Crippen LogP contribution is -2.45. The van der Waals surface area contributed by atoms with Gasteiger partial charge in [-0.3, -0.25) is 9.80 Å². The molecule has 0 aromatic heterocycles. The van der Waals surface area contributed by atoms with E-state index in [2.05, 4.69) is 21.9 Å². The maximum Gasteiger partial charge on any atom is 0.118 e. The summed E-state index contributed by atoms with van der Waals surface area (Å²) in [7, 11) is 1.69. The van der Waals surface area contributed by atoms with Gasteiger partial charge in [-0.25, -0.2) is 0 Å². The molecule has 1 aliphatic heterocycles. The molecule has 1 heterocycles. The zero-order valence-corrected chi connectivity index (χ0v) is 14.0. The lowest BCUT2D eigenvalue weighted by molar-refractivity contribution is 0.00551. The predicted octanol–water partition coefficient (Wildman–Crippen LogP) is 1.35. The van der Waals surface area contributed by atoms with Gasteiger partial charge >= 0.3 is 0 Å². The number of nitrogens with zero attached hydrogens (tertiary/aromatic N) is 2. The molecule has 1 N–H and O–H groups in total. The van der Waals surface area contributed by atoms with Gasteiger partial charge in [-0.1, -0.05) is 12.1 Å². The van der Waals surface area contributed by atoms with Crippen LogP contribution in [0, 0.1) is 0 Å². The Hall–Kier alpha value is -1.14. The standard InChI is InChI=1S/C18H28N2O3/c1-22-18-6-2-15(3-7-18)12-20(16-4-5-16)14-17(21)13-19-8-10-23-11-9-19/h2-3,6-7,16-17,21H,4-5,8-14H2,1H3. The molecule has 5 heteroatoms. The van der Waals surface area contributed by atoms with Crippen molar-refractivity contribution in [2.45, 2.75) is 31.5 Å². The molecule has 0 spiro atoms. The van der Waals surface area contributed by atoms with Gasteiger partial charge in [0.1, 0.15) is 5.75 Å². The summed E-state index contributed by atoms with van der Waals surface area (Å²) >= 11 is 0. The first kappa shape index (κ1) is 16.7. The third kappa shape index (κ3) is 5.18. The van der Waals surface area contributed by atoms with E-state index in [0.29, 0.717) is 6.04 Å². The van der Waals surface area contributed by atoms with Crippen molar-refractivity contribution in [2.75, 3.05) is 46.5 Å². The molecule has 5 nitrogen and oxygen atoms in total. The quantitative estimate of drug-likeness (QED) is 0.783. The van der Waals surface area contributed by atoms with Crippen molar-refractivity contribution in [1.82, 2.24) is 9.80 Å². The van der Waals surface area contributed by atoms with Gasteiger partial charge in [0.05, 0.1) is 26.4 Å². The van der Waals surface area contributed by atoms with Gasteiger partial charge in [-0.05, 0) is 30.5 Å². The zero-order chi connectivity index (χ0) is 16.1. The molecule has 0 bridgehead atoms. The van der Waals surface area contributed by atoms with Gasteiger partial charge in [0.25, 0.3) is 0 Å². The molecule has 1 aliphatic carbocycles. The molecule has 128 valence electrons. The average Bonchev–Trinajstić information content (AvgIpc) is 3.41. The summed E-state index contributed by atoms with van der Waals surface area (Å²) in [5.41, 5.74) is 1.27. The molecule has 0 amide bonds. The van der Waals surface area contributed by atoms with Crippen LogP contribution in [-0.4, -0.2) is 73.6 Å². The van der Waals surface area contributed by atoms with Gasteiger partial charge < -0.3 is 14.6 Å². The highest BCUT2D eigenvalue weighted by atomic mass is 16.5. The molecule has 1 saturated carbocycles. The highest BCUT2D eigenvalue weighted by molar-refractivity contribution is 5.27. The lowest BCUT2D eigenvalue weighted by Gasteiger charge is -2.31. The molecule has 1 saturated heterocycles. The van der Waals surface area contributed by atoms with E-state index in [1.807, 2.05) is 12.1 Å². The Balaban J connectivity index is 1.51. The molecule has 0 radical (unpaired) electrons. The summed E-state index contributed by atoms with van der Waals surface area (Å²) in [4.78, 5) is 4.72. The summed E-state index contributed by atoms with van der Waals surface area (Å²) in [5.74, 6) is 0.888. The van der Waals surface area contributed by atoms with Crippen molar-refractivity contribution in [3.8, 4) is 5.75 Å². The third-order valence-electron chi connectivity index (χ3n) is 4.63. The first-order valence-corrected chi connectivity index (χ1v) is 8.60. The average molecular weight is 320 g/mol. The number of aliphatic hydroxyl groups excluding tert-OH is 1. The predicted molar refractivity (Wildman–Crippen MR) is 89.7 cm³/mol. The van der Waals surface area contributed by atoms with Crippen LogP contribution in [0.4, 0.5) is 0 Å². The van der Waals surface area contributed by atoms with Crippen LogP contribution >= 0.6 is 0 Å². The summed E-state index contributed by atoms with van der Waals surface area (Å²) < 4.78 is 10.6. The van der Waals surface area contributed by atoms with Crippen LogP contribution < -0.4 is 4.74 Å². The van der Waals surface area contributed by atoms with Crippen molar-refractivity contribution in [1.29, 1.82) is 0 Å². The number of ether oxygens (including phenoxy) is 2. The monoisotopic (exact) mass is 320 g/mol. The zero-order valence-electron chi connectivity index (χ0n) is 14.0. The minimum atomic E-state index is -0.299. The Labute approximate surface area is 138 Å². The van der Waals surface area contributed by atoms with Gasteiger partial charge in [0, 0.05) is 38.8 Å². The molecule has 1 atom stereocenters. The Morgan fingerprint density at radius 2 is 1.96 bits per heavy atom. The second kappa shape index (κ2) is 8.11. The summed E-state index contributed by atoms with van der Waals surface area (Å²) in [6, 6.07) is 8.87. The van der Waals surface area contributed by atoms with E-state index in [1.54, 1.807) is 7.11 Å². The van der Waals surface area contributed by atoms with E-state index >= 15 is 0 Å². The molecule has 1 aromatic carbocycles. The number of hydrogen-bond donors (Lipinski definition) is 1. The van der Waals surface area contributed by atoms with Crippen LogP contribution in [0.25, 0.3) is 0 Å². The normalized spacial score (nSPS) is 20.7. The fraction of sp³-hybridized carbons (Fsp3) is 0.667. The largest absolute Gasteiger partial charge is 0.497 e. The van der Waals surface area contributed by atoms with Gasteiger partial charge in [0.2, 0.25) is 0 Å². The lowest BCUT2D eigenvalue weighted by atomic mass is 10.2. The van der Waals surface area contributed by atoms with Crippen molar-refractivity contribution in [3.63, 3.8) is 0 Å². The van der Waals surface area contributed by atoms with E-state index < -0.39 is 0 Å². The number of β-amino-alcohol motifs (C(OH)–C–C–N with tert-alkyl or cyclic N) is 1. The second-order valence-electron chi connectivity index (χ2n) is 6.58. The summed E-state index contributed by atoms with van der Waals surface area (Å²) in [5, 5.41) is 10.5. The van der Waals surface area contributed by atoms with Crippen LogP contribution in [0.1, 0.15) is 18.4 Å². The summed E-state index contributed by atoms with van der Waals surface area (Å²) in [6.45, 7) is 5.81. The van der Waals surface area contributed by atoms with E-state index in [1.165, 1.54) is 18.4 Å². The fourth-order valence-electron chi connectivity index (χ4n) is 3.16. The van der Waals surface area contributed by atoms with Gasteiger partial charge in [-0.15, -0.1) is 0 Å². The molecular weight excluding hydrogens is 292 g/mol. The maximum absolute atomic E-state index is 10.5. The van der Waals surface area contributed by atoms with Crippen LogP contribution in [0.15, 0.2) is 24.3 Å². The Morgan fingerprint density at radius 1 is 1.26 bits per heavy atom. The highest BCUT2D eigenvalue weighted by Gasteiger charge is 2.30. The van der Waals surface area contributed by atoms with Crippen LogP contribution in [0.3, 0.4) is 0 Å². The minimum Gasteiger partial charge on any atom is -0.497 e. The van der Waals surface area contributed by atoms with E-state index in [4.69, 9.17) is 9.47 Å². The first-order valence-electron chi connectivity index (χ1n) is 8.60. The third-order valence-corrected chi connectivity index (χ3v) is 4.63. The fourth-order valence-corrected chi connectivity index (χ4v) is 3.16. The Kier molecular flexibility index (Phi) is 5.89. The SMILES string of the molecule is COc1ccc(CN(CC(O)CN2CCOCC2)C2CC2)cc1. The van der Waals surface area contributed by atoms with E-state index in [0.717, 1.165) is 51.7 Å². The van der Waals surface area contributed by atoms with Crippen LogP contribution in [0.5, 0.6) is 5.75 Å². The number of morpholine rings is 1. The molecule has 23 heavy (non-hydrogen) atoms. The molecule has 3 rings (SSSR count). The second-order valence-corrected chi connectivity index (χ2v) is 6.58. The number of rotatable bonds is 8. The maximum atomic E-state index is 10.5. The van der Waals surface area contributed by atoms with Crippen molar-refractivity contribution in [3.05, 3.63) is 29.8 Å². The number of hydrogen-bond acceptors (Lipinski definition) is 5. The molecular formula is C18H28N2O3. The minimum absolute atomic E-state index is 0.299. The summed E-state index contributed by atoms with van der Waals surface area (Å²) in [6.07, 6.45) is 2.20. The van der Waals surface area contributed by atoms with Gasteiger partial charge in [-0.2, -0.15) is 0 Å². The van der Waals surface area contributed by atoms with Crippen LogP contribution in [-0.2, 0) is 11.3 Å². The molecule has 1 unspecified atom stereocenters. The topological polar surface area (TPSA) is 45.2 Å². The Bertz CT molecular complexity index is 470. The van der Waals surface area contributed by atoms with Gasteiger partial charge in [0.15, 0.2) is 0 Å². The first-order chi connectivity index (χ1) is 11.2. The molecule has 2 aliphatic rings. The number of methoxy groups -OCH3 is 1. The highest BCUT2D eigenvalue weighted by Crippen LogP contribution is 2.28. The number of aliphatic hydroxyl groups is 1. The van der Waals surface area contributed by atoms with E-state index in [9.17, 15) is 5.11 Å². The van der Waals surface area contributed by atoms with Crippen molar-refractivity contribution < 1.29 is 14.6 Å². The van der Waals surface area contributed by atoms with Crippen molar-refractivity contribution >= 4 is 0 Å². The number of benzene rings is 1. The molecule has 1 aromatic rings. The molecule has 2 fully saturated rings.